The molecule has 74 valence electrons. The van der Waals surface area contributed by atoms with Crippen LogP contribution in [0.25, 0.3) is 0 Å². The monoisotopic (exact) mass is 193 g/mol. The van der Waals surface area contributed by atoms with Crippen LogP contribution >= 0.6 is 0 Å². The van der Waals surface area contributed by atoms with E-state index in [2.05, 4.69) is 11.8 Å². The summed E-state index contributed by atoms with van der Waals surface area (Å²) in [4.78, 5) is 0. The van der Waals surface area contributed by atoms with Gasteiger partial charge in [-0.1, -0.05) is 11.8 Å². The minimum atomic E-state index is -0.324. The van der Waals surface area contributed by atoms with E-state index in [1.807, 2.05) is 0 Å². The largest absolute Gasteiger partial charge is 0.398 e. The Balaban J connectivity index is 3.00. The van der Waals surface area contributed by atoms with Gasteiger partial charge in [0.05, 0.1) is 12.3 Å². The second kappa shape index (κ2) is 4.64. The lowest BCUT2D eigenvalue weighted by Gasteiger charge is -2.01. The lowest BCUT2D eigenvalue weighted by Crippen LogP contribution is -1.94. The summed E-state index contributed by atoms with van der Waals surface area (Å²) in [5, 5.41) is 8.52. The molecular formula is C11H12FNO. The summed E-state index contributed by atoms with van der Waals surface area (Å²) in [6.07, 6.45) is 0.399. The molecule has 3 heteroatoms. The molecule has 1 rings (SSSR count). The van der Waals surface area contributed by atoms with Crippen molar-refractivity contribution >= 4 is 5.69 Å². The van der Waals surface area contributed by atoms with Gasteiger partial charge < -0.3 is 10.8 Å². The quantitative estimate of drug-likeness (QED) is 0.523. The third-order valence-corrected chi connectivity index (χ3v) is 1.79. The zero-order valence-corrected chi connectivity index (χ0v) is 7.97. The Bertz CT molecular complexity index is 390. The number of anilines is 1. The summed E-state index contributed by atoms with van der Waals surface area (Å²) >= 11 is 0. The van der Waals surface area contributed by atoms with Crippen molar-refractivity contribution in [2.24, 2.45) is 0 Å². The van der Waals surface area contributed by atoms with Crippen molar-refractivity contribution in [3.63, 3.8) is 0 Å². The average Bonchev–Trinajstić information content (AvgIpc) is 2.14. The molecule has 0 unspecified atom stereocenters. The molecule has 0 aromatic heterocycles. The smallest absolute Gasteiger partial charge is 0.128 e. The van der Waals surface area contributed by atoms with Gasteiger partial charge in [0.1, 0.15) is 5.82 Å². The maximum atomic E-state index is 13.0. The second-order valence-corrected chi connectivity index (χ2v) is 2.96. The van der Waals surface area contributed by atoms with E-state index in [0.29, 0.717) is 23.2 Å². The molecule has 1 aromatic carbocycles. The Morgan fingerprint density at radius 3 is 2.86 bits per heavy atom. The first kappa shape index (κ1) is 10.6. The van der Waals surface area contributed by atoms with E-state index in [0.717, 1.165) is 0 Å². The number of nitrogen functional groups attached to an aromatic ring is 1. The molecule has 0 aliphatic rings. The summed E-state index contributed by atoms with van der Waals surface area (Å²) in [6.45, 7) is 1.68. The van der Waals surface area contributed by atoms with Crippen LogP contribution in [0, 0.1) is 24.6 Å². The molecule has 0 heterocycles. The first-order chi connectivity index (χ1) is 6.65. The summed E-state index contributed by atoms with van der Waals surface area (Å²) < 4.78 is 13.0. The Labute approximate surface area is 82.6 Å². The van der Waals surface area contributed by atoms with Gasteiger partial charge in [-0.15, -0.1) is 0 Å². The van der Waals surface area contributed by atoms with Gasteiger partial charge in [0, 0.05) is 12.0 Å². The molecule has 0 bridgehead atoms. The molecule has 0 aliphatic heterocycles. The van der Waals surface area contributed by atoms with Crippen molar-refractivity contribution in [2.75, 3.05) is 12.3 Å². The molecule has 2 nitrogen and oxygen atoms in total. The van der Waals surface area contributed by atoms with Gasteiger partial charge in [-0.05, 0) is 24.6 Å². The summed E-state index contributed by atoms with van der Waals surface area (Å²) in [5.41, 5.74) is 7.03. The number of nitrogens with two attached hydrogens (primary N) is 1. The first-order valence-electron chi connectivity index (χ1n) is 4.30. The van der Waals surface area contributed by atoms with Crippen LogP contribution in [0.2, 0.25) is 0 Å². The summed E-state index contributed by atoms with van der Waals surface area (Å²) in [5.74, 6) is 5.19. The van der Waals surface area contributed by atoms with E-state index in [-0.39, 0.29) is 12.4 Å². The highest BCUT2D eigenvalue weighted by Gasteiger charge is 2.01. The summed E-state index contributed by atoms with van der Waals surface area (Å²) in [6, 6.07) is 2.87. The molecule has 0 atom stereocenters. The Kier molecular flexibility index (Phi) is 3.49. The van der Waals surface area contributed by atoms with Crippen LogP contribution in [0.15, 0.2) is 12.1 Å². The fourth-order valence-electron chi connectivity index (χ4n) is 1.02. The van der Waals surface area contributed by atoms with E-state index in [4.69, 9.17) is 10.8 Å². The van der Waals surface area contributed by atoms with Gasteiger partial charge >= 0.3 is 0 Å². The number of hydrogen-bond donors (Lipinski definition) is 2. The van der Waals surface area contributed by atoms with E-state index in [1.165, 1.54) is 6.07 Å². The number of hydrogen-bond acceptors (Lipinski definition) is 2. The molecular weight excluding hydrogens is 181 g/mol. The first-order valence-corrected chi connectivity index (χ1v) is 4.30. The van der Waals surface area contributed by atoms with Gasteiger partial charge in [0.2, 0.25) is 0 Å². The predicted octanol–water partition coefficient (Wildman–Crippen LogP) is 1.45. The molecule has 0 spiro atoms. The molecule has 0 aliphatic carbocycles. The minimum absolute atomic E-state index is 0.0209. The molecule has 0 fully saturated rings. The van der Waals surface area contributed by atoms with Crippen molar-refractivity contribution < 1.29 is 9.50 Å². The van der Waals surface area contributed by atoms with E-state index >= 15 is 0 Å². The Hall–Kier alpha value is -1.53. The zero-order chi connectivity index (χ0) is 10.6. The van der Waals surface area contributed by atoms with Gasteiger partial charge in [-0.25, -0.2) is 4.39 Å². The number of benzene rings is 1. The van der Waals surface area contributed by atoms with Gasteiger partial charge in [0.25, 0.3) is 0 Å². The topological polar surface area (TPSA) is 46.2 Å². The predicted molar refractivity (Wildman–Crippen MR) is 54.1 cm³/mol. The fraction of sp³-hybridized carbons (Fsp3) is 0.273. The highest BCUT2D eigenvalue weighted by molar-refractivity contribution is 5.57. The van der Waals surface area contributed by atoms with Crippen LogP contribution in [0.1, 0.15) is 17.5 Å². The number of rotatable bonds is 1. The number of halogens is 1. The maximum absolute atomic E-state index is 13.0. The Morgan fingerprint density at radius 1 is 1.50 bits per heavy atom. The average molecular weight is 193 g/mol. The van der Waals surface area contributed by atoms with Crippen molar-refractivity contribution in [3.05, 3.63) is 29.1 Å². The lowest BCUT2D eigenvalue weighted by atomic mass is 10.1. The van der Waals surface area contributed by atoms with E-state index < -0.39 is 0 Å². The van der Waals surface area contributed by atoms with Gasteiger partial charge in [-0.2, -0.15) is 0 Å². The van der Waals surface area contributed by atoms with Crippen molar-refractivity contribution in [2.45, 2.75) is 13.3 Å². The molecule has 0 saturated carbocycles. The van der Waals surface area contributed by atoms with E-state index in [9.17, 15) is 4.39 Å². The normalized spacial score (nSPS) is 9.36. The highest BCUT2D eigenvalue weighted by Crippen LogP contribution is 2.16. The standard InChI is InChI=1S/C11H12FNO/c1-8-6-9(4-2-3-5-14)11(13)7-10(8)12/h6-7,14H,3,5,13H2,1H3. The third kappa shape index (κ3) is 2.48. The van der Waals surface area contributed by atoms with Crippen LogP contribution < -0.4 is 5.73 Å². The fourth-order valence-corrected chi connectivity index (χ4v) is 1.02. The minimum Gasteiger partial charge on any atom is -0.398 e. The van der Waals surface area contributed by atoms with Crippen LogP contribution in [0.3, 0.4) is 0 Å². The van der Waals surface area contributed by atoms with Crippen LogP contribution in [-0.2, 0) is 0 Å². The molecule has 14 heavy (non-hydrogen) atoms. The molecule has 0 radical (unpaired) electrons. The van der Waals surface area contributed by atoms with Crippen molar-refractivity contribution in [1.82, 2.24) is 0 Å². The van der Waals surface area contributed by atoms with Crippen LogP contribution in [0.5, 0.6) is 0 Å². The lowest BCUT2D eigenvalue weighted by molar-refractivity contribution is 0.305. The number of aliphatic hydroxyl groups is 1. The highest BCUT2D eigenvalue weighted by atomic mass is 19.1. The van der Waals surface area contributed by atoms with Crippen LogP contribution in [0.4, 0.5) is 10.1 Å². The van der Waals surface area contributed by atoms with Gasteiger partial charge in [0.15, 0.2) is 0 Å². The zero-order valence-electron chi connectivity index (χ0n) is 7.97. The molecule has 1 aromatic rings. The third-order valence-electron chi connectivity index (χ3n) is 1.79. The number of aliphatic hydroxyl groups excluding tert-OH is 1. The summed E-state index contributed by atoms with van der Waals surface area (Å²) in [7, 11) is 0. The van der Waals surface area contributed by atoms with Gasteiger partial charge in [-0.3, -0.25) is 0 Å². The SMILES string of the molecule is Cc1cc(C#CCCO)c(N)cc1F. The molecule has 3 N–H and O–H groups in total. The number of aryl methyl sites for hydroxylation is 1. The molecule has 0 amide bonds. The van der Waals surface area contributed by atoms with Crippen LogP contribution in [-0.4, -0.2) is 11.7 Å². The molecule has 0 saturated heterocycles. The second-order valence-electron chi connectivity index (χ2n) is 2.96. The van der Waals surface area contributed by atoms with Crippen molar-refractivity contribution in [1.29, 1.82) is 0 Å². The Morgan fingerprint density at radius 2 is 2.21 bits per heavy atom. The maximum Gasteiger partial charge on any atom is 0.128 e. The van der Waals surface area contributed by atoms with E-state index in [1.54, 1.807) is 13.0 Å². The van der Waals surface area contributed by atoms with Crippen molar-refractivity contribution in [3.8, 4) is 11.8 Å².